The summed E-state index contributed by atoms with van der Waals surface area (Å²) in [6.07, 6.45) is 3.33. The number of aromatic amines is 1. The van der Waals surface area contributed by atoms with Gasteiger partial charge in [0.2, 0.25) is 0 Å². The SMILES string of the molecule is Cc1cn([C@H]2C[C@H](O)[C@@H](CN(Cc3ccccn3)Cc3ccccn3)O2)c(=O)[nH]c1=O. The summed E-state index contributed by atoms with van der Waals surface area (Å²) in [5.74, 6) is 0. The summed E-state index contributed by atoms with van der Waals surface area (Å²) in [6.45, 7) is 3.18. The minimum Gasteiger partial charge on any atom is -0.390 e. The average Bonchev–Trinajstić information content (AvgIpc) is 3.12. The molecule has 9 heteroatoms. The number of pyridine rings is 2. The summed E-state index contributed by atoms with van der Waals surface area (Å²) in [5.41, 5.74) is 1.23. The van der Waals surface area contributed by atoms with Crippen molar-refractivity contribution >= 4 is 0 Å². The van der Waals surface area contributed by atoms with Crippen LogP contribution in [0.5, 0.6) is 0 Å². The van der Waals surface area contributed by atoms with E-state index in [4.69, 9.17) is 4.74 Å². The zero-order valence-electron chi connectivity index (χ0n) is 17.2. The molecule has 4 heterocycles. The largest absolute Gasteiger partial charge is 0.390 e. The van der Waals surface area contributed by atoms with Gasteiger partial charge in [-0.2, -0.15) is 0 Å². The van der Waals surface area contributed by atoms with Crippen molar-refractivity contribution in [2.24, 2.45) is 0 Å². The van der Waals surface area contributed by atoms with E-state index in [1.807, 2.05) is 36.4 Å². The standard InChI is InChI=1S/C22H25N5O4/c1-15-11-27(22(30)25-21(15)29)20-10-18(28)19(31-20)14-26(12-16-6-2-4-8-23-16)13-17-7-3-5-9-24-17/h2-9,11,18-20,28H,10,12-14H2,1H3,(H,25,29,30)/t18-,19+,20+/m0/s1. The lowest BCUT2D eigenvalue weighted by Crippen LogP contribution is -2.37. The minimum absolute atomic E-state index is 0.261. The van der Waals surface area contributed by atoms with Gasteiger partial charge in [-0.1, -0.05) is 12.1 Å². The molecule has 3 aromatic heterocycles. The summed E-state index contributed by atoms with van der Waals surface area (Å²) >= 11 is 0. The van der Waals surface area contributed by atoms with Crippen molar-refractivity contribution in [2.75, 3.05) is 6.54 Å². The van der Waals surface area contributed by atoms with Crippen LogP contribution in [-0.4, -0.2) is 48.3 Å². The predicted octanol–water partition coefficient (Wildman–Crippen LogP) is 0.986. The highest BCUT2D eigenvalue weighted by molar-refractivity contribution is 5.07. The van der Waals surface area contributed by atoms with Gasteiger partial charge in [0.15, 0.2) is 0 Å². The van der Waals surface area contributed by atoms with Crippen LogP contribution >= 0.6 is 0 Å². The van der Waals surface area contributed by atoms with Crippen molar-refractivity contribution in [3.05, 3.63) is 92.8 Å². The van der Waals surface area contributed by atoms with E-state index >= 15 is 0 Å². The third-order valence-electron chi connectivity index (χ3n) is 5.32. The summed E-state index contributed by atoms with van der Waals surface area (Å²) in [7, 11) is 0. The van der Waals surface area contributed by atoms with Gasteiger partial charge in [0.05, 0.1) is 23.6 Å². The maximum Gasteiger partial charge on any atom is 0.330 e. The topological polar surface area (TPSA) is 113 Å². The highest BCUT2D eigenvalue weighted by Gasteiger charge is 2.36. The molecule has 1 aliphatic rings. The molecule has 0 radical (unpaired) electrons. The first kappa shape index (κ1) is 21.1. The van der Waals surface area contributed by atoms with Crippen molar-refractivity contribution in [3.8, 4) is 0 Å². The number of aliphatic hydroxyl groups excluding tert-OH is 1. The van der Waals surface area contributed by atoms with Gasteiger partial charge in [0.1, 0.15) is 6.23 Å². The van der Waals surface area contributed by atoms with Gasteiger partial charge in [-0.3, -0.25) is 29.2 Å². The number of aromatic nitrogens is 4. The van der Waals surface area contributed by atoms with Crippen molar-refractivity contribution in [1.29, 1.82) is 0 Å². The molecular formula is C22H25N5O4. The quantitative estimate of drug-likeness (QED) is 0.582. The first-order valence-corrected chi connectivity index (χ1v) is 10.2. The molecule has 3 atom stereocenters. The zero-order valence-corrected chi connectivity index (χ0v) is 17.2. The first-order valence-electron chi connectivity index (χ1n) is 10.2. The van der Waals surface area contributed by atoms with Crippen molar-refractivity contribution in [2.45, 2.75) is 44.9 Å². The van der Waals surface area contributed by atoms with Crippen LogP contribution in [0.4, 0.5) is 0 Å². The van der Waals surface area contributed by atoms with Crippen LogP contribution in [0.25, 0.3) is 0 Å². The van der Waals surface area contributed by atoms with Crippen LogP contribution in [0.3, 0.4) is 0 Å². The molecule has 0 bridgehead atoms. The maximum atomic E-state index is 12.2. The maximum absolute atomic E-state index is 12.2. The lowest BCUT2D eigenvalue weighted by atomic mass is 10.1. The highest BCUT2D eigenvalue weighted by Crippen LogP contribution is 2.28. The summed E-state index contributed by atoms with van der Waals surface area (Å²) in [5, 5.41) is 10.6. The molecule has 31 heavy (non-hydrogen) atoms. The molecule has 162 valence electrons. The molecule has 0 saturated carbocycles. The molecular weight excluding hydrogens is 398 g/mol. The average molecular weight is 423 g/mol. The van der Waals surface area contributed by atoms with Crippen LogP contribution in [0.2, 0.25) is 0 Å². The summed E-state index contributed by atoms with van der Waals surface area (Å²) in [4.78, 5) is 37.1. The van der Waals surface area contributed by atoms with Crippen LogP contribution in [-0.2, 0) is 17.8 Å². The van der Waals surface area contributed by atoms with E-state index in [1.54, 1.807) is 19.3 Å². The molecule has 1 saturated heterocycles. The van der Waals surface area contributed by atoms with E-state index in [2.05, 4.69) is 19.9 Å². The summed E-state index contributed by atoms with van der Waals surface area (Å²) in [6, 6.07) is 11.5. The molecule has 0 aromatic carbocycles. The van der Waals surface area contributed by atoms with Gasteiger partial charge < -0.3 is 9.84 Å². The van der Waals surface area contributed by atoms with Crippen LogP contribution in [0.1, 0.15) is 29.6 Å². The van der Waals surface area contributed by atoms with E-state index < -0.39 is 29.7 Å². The molecule has 0 spiro atoms. The Kier molecular flexibility index (Phi) is 6.36. The van der Waals surface area contributed by atoms with Gasteiger partial charge >= 0.3 is 5.69 Å². The Morgan fingerprint density at radius 1 is 1.13 bits per heavy atom. The lowest BCUT2D eigenvalue weighted by Gasteiger charge is -2.26. The summed E-state index contributed by atoms with van der Waals surface area (Å²) < 4.78 is 7.38. The highest BCUT2D eigenvalue weighted by atomic mass is 16.5. The minimum atomic E-state index is -0.751. The number of rotatable bonds is 7. The molecule has 2 N–H and O–H groups in total. The molecule has 0 aliphatic carbocycles. The van der Waals surface area contributed by atoms with Gasteiger partial charge in [-0.25, -0.2) is 4.79 Å². The third-order valence-corrected chi connectivity index (χ3v) is 5.32. The number of H-pyrrole nitrogens is 1. The van der Waals surface area contributed by atoms with E-state index in [9.17, 15) is 14.7 Å². The van der Waals surface area contributed by atoms with Crippen LogP contribution in [0.15, 0.2) is 64.6 Å². The number of hydrogen-bond acceptors (Lipinski definition) is 7. The smallest absolute Gasteiger partial charge is 0.330 e. The fourth-order valence-electron chi connectivity index (χ4n) is 3.73. The van der Waals surface area contributed by atoms with E-state index in [0.29, 0.717) is 25.2 Å². The number of ether oxygens (including phenoxy) is 1. The number of aliphatic hydroxyl groups is 1. The van der Waals surface area contributed by atoms with Crippen molar-refractivity contribution in [3.63, 3.8) is 0 Å². The monoisotopic (exact) mass is 423 g/mol. The van der Waals surface area contributed by atoms with Crippen molar-refractivity contribution < 1.29 is 9.84 Å². The number of nitrogens with one attached hydrogen (secondary N) is 1. The van der Waals surface area contributed by atoms with Gasteiger partial charge in [0, 0.05) is 50.2 Å². The Hall–Kier alpha value is -3.14. The second-order valence-corrected chi connectivity index (χ2v) is 7.72. The van der Waals surface area contributed by atoms with E-state index in [-0.39, 0.29) is 6.42 Å². The van der Waals surface area contributed by atoms with Crippen LogP contribution < -0.4 is 11.2 Å². The lowest BCUT2D eigenvalue weighted by molar-refractivity contribution is -0.0389. The Morgan fingerprint density at radius 3 is 2.35 bits per heavy atom. The van der Waals surface area contributed by atoms with E-state index in [0.717, 1.165) is 11.4 Å². The number of hydrogen-bond donors (Lipinski definition) is 2. The Morgan fingerprint density at radius 2 is 1.77 bits per heavy atom. The second-order valence-electron chi connectivity index (χ2n) is 7.72. The van der Waals surface area contributed by atoms with E-state index in [1.165, 1.54) is 10.8 Å². The molecule has 4 rings (SSSR count). The fourth-order valence-corrected chi connectivity index (χ4v) is 3.73. The Bertz CT molecular complexity index is 1070. The molecule has 3 aromatic rings. The zero-order chi connectivity index (χ0) is 21.8. The molecule has 1 aliphatic heterocycles. The first-order chi connectivity index (χ1) is 15.0. The van der Waals surface area contributed by atoms with Crippen molar-refractivity contribution in [1.82, 2.24) is 24.4 Å². The Labute approximate surface area is 179 Å². The molecule has 0 amide bonds. The number of aryl methyl sites for hydroxylation is 1. The predicted molar refractivity (Wildman–Crippen MR) is 113 cm³/mol. The molecule has 1 fully saturated rings. The number of nitrogens with zero attached hydrogens (tertiary/aromatic N) is 4. The Balaban J connectivity index is 1.51. The molecule has 0 unspecified atom stereocenters. The van der Waals surface area contributed by atoms with Gasteiger partial charge in [-0.05, 0) is 31.2 Å². The molecule has 9 nitrogen and oxygen atoms in total. The van der Waals surface area contributed by atoms with Gasteiger partial charge in [-0.15, -0.1) is 0 Å². The third kappa shape index (κ3) is 5.13. The van der Waals surface area contributed by atoms with Gasteiger partial charge in [0.25, 0.3) is 5.56 Å². The van der Waals surface area contributed by atoms with Crippen LogP contribution in [0, 0.1) is 6.92 Å². The normalized spacial score (nSPS) is 20.9. The fraction of sp³-hybridized carbons (Fsp3) is 0.364. The second kappa shape index (κ2) is 9.34.